The number of piperidine rings is 1. The van der Waals surface area contributed by atoms with Gasteiger partial charge in [-0.05, 0) is 122 Å². The summed E-state index contributed by atoms with van der Waals surface area (Å²) in [4.78, 5) is 26.4. The molecular formula is C42H49BrN6O4S. The van der Waals surface area contributed by atoms with Gasteiger partial charge in [-0.2, -0.15) is 4.98 Å². The lowest BCUT2D eigenvalue weighted by Gasteiger charge is -2.33. The Bertz CT molecular complexity index is 2290. The molecule has 10 nitrogen and oxygen atoms in total. The average Bonchev–Trinajstić information content (AvgIpc) is 3.94. The third kappa shape index (κ3) is 7.48. The molecule has 0 amide bonds. The van der Waals surface area contributed by atoms with Crippen LogP contribution in [0.3, 0.4) is 0 Å². The van der Waals surface area contributed by atoms with Crippen LogP contribution in [0.1, 0.15) is 86.2 Å². The zero-order chi connectivity index (χ0) is 37.2. The summed E-state index contributed by atoms with van der Waals surface area (Å²) >= 11 is 5.30. The molecule has 284 valence electrons. The molecule has 3 N–H and O–H groups in total. The Labute approximate surface area is 328 Å². The second-order valence-electron chi connectivity index (χ2n) is 14.8. The molecule has 0 radical (unpaired) electrons. The van der Waals surface area contributed by atoms with Crippen LogP contribution in [-0.4, -0.2) is 75.0 Å². The molecule has 54 heavy (non-hydrogen) atoms. The van der Waals surface area contributed by atoms with E-state index in [1.807, 2.05) is 23.7 Å². The molecule has 2 aliphatic rings. The number of likely N-dealkylation sites (tertiary alicyclic amines) is 1. The highest BCUT2D eigenvalue weighted by Crippen LogP contribution is 2.42. The Kier molecular flexibility index (Phi) is 11.5. The molecule has 4 heterocycles. The van der Waals surface area contributed by atoms with Gasteiger partial charge in [-0.1, -0.05) is 43.2 Å². The maximum atomic E-state index is 13.5. The minimum absolute atomic E-state index is 0.0156. The third-order valence-corrected chi connectivity index (χ3v) is 13.1. The first kappa shape index (κ1) is 37.3. The summed E-state index contributed by atoms with van der Waals surface area (Å²) in [5, 5.41) is 9.80. The smallest absolute Gasteiger partial charge is 0.283 e. The molecule has 1 aliphatic carbocycles. The quantitative estimate of drug-likeness (QED) is 0.106. The molecule has 1 aliphatic heterocycles. The molecule has 1 atom stereocenters. The molecule has 0 spiro atoms. The highest BCUT2D eigenvalue weighted by Gasteiger charge is 2.29. The molecule has 3 aromatic carbocycles. The molecule has 1 saturated carbocycles. The van der Waals surface area contributed by atoms with Crippen LogP contribution in [0.2, 0.25) is 0 Å². The Balaban J connectivity index is 1.03. The Morgan fingerprint density at radius 3 is 2.54 bits per heavy atom. The van der Waals surface area contributed by atoms with Gasteiger partial charge in [0.1, 0.15) is 12.4 Å². The number of aryl methyl sites for hydroxylation is 1. The Hall–Kier alpha value is -3.65. The first-order valence-corrected chi connectivity index (χ1v) is 21.1. The first-order chi connectivity index (χ1) is 26.4. The number of thiazole rings is 1. The number of nitrogens with zero attached hydrogens (tertiary/aromatic N) is 5. The standard InChI is InChI=1S/C42H49BrN6O4S/c1-27-40(54-26-45-27)30-13-11-29(12-14-30)34(44)9-5-17-47-18-15-28(16-19-47)32-24-36-37(25-38(32)53-23-22-52-21-20-50)49-35-10-4-8-33(43)39(35)41(51)46-42(49)48(36)31-6-2-3-7-31/h4,8,10-14,24-26,28,31,34,50H,2-3,5-7,9,15-23,44H2,1H3/t34-/m0/s1. The van der Waals surface area contributed by atoms with Crippen LogP contribution in [-0.2, 0) is 4.74 Å². The van der Waals surface area contributed by atoms with Gasteiger partial charge in [0.2, 0.25) is 5.78 Å². The number of ether oxygens (including phenoxy) is 2. The molecular weight excluding hydrogens is 764 g/mol. The number of halogens is 1. The first-order valence-electron chi connectivity index (χ1n) is 19.4. The molecule has 1 saturated heterocycles. The molecule has 3 aromatic heterocycles. The van der Waals surface area contributed by atoms with E-state index >= 15 is 0 Å². The lowest BCUT2D eigenvalue weighted by molar-refractivity contribution is 0.0701. The normalized spacial score (nSPS) is 16.7. The predicted octanol–water partition coefficient (Wildman–Crippen LogP) is 8.16. The van der Waals surface area contributed by atoms with Crippen molar-refractivity contribution in [1.82, 2.24) is 23.8 Å². The van der Waals surface area contributed by atoms with Crippen molar-refractivity contribution in [3.8, 4) is 16.2 Å². The summed E-state index contributed by atoms with van der Waals surface area (Å²) in [5.74, 6) is 1.88. The third-order valence-electron chi connectivity index (χ3n) is 11.4. The number of imidazole rings is 1. The van der Waals surface area contributed by atoms with Crippen LogP contribution in [0.5, 0.6) is 5.75 Å². The predicted molar refractivity (Wildman–Crippen MR) is 220 cm³/mol. The zero-order valence-corrected chi connectivity index (χ0v) is 33.3. The van der Waals surface area contributed by atoms with Gasteiger partial charge in [0.05, 0.1) is 57.8 Å². The van der Waals surface area contributed by atoms with Crippen molar-refractivity contribution >= 4 is 55.0 Å². The summed E-state index contributed by atoms with van der Waals surface area (Å²) < 4.78 is 17.3. The molecule has 0 unspecified atom stereocenters. The average molecular weight is 814 g/mol. The monoisotopic (exact) mass is 812 g/mol. The van der Waals surface area contributed by atoms with Gasteiger partial charge in [0, 0.05) is 22.6 Å². The van der Waals surface area contributed by atoms with E-state index in [9.17, 15) is 9.90 Å². The lowest BCUT2D eigenvalue weighted by Crippen LogP contribution is -2.34. The number of fused-ring (bicyclic) bond motifs is 5. The maximum Gasteiger partial charge on any atom is 0.283 e. The van der Waals surface area contributed by atoms with Gasteiger partial charge in [0.25, 0.3) is 5.56 Å². The topological polar surface area (TPSA) is 120 Å². The second-order valence-corrected chi connectivity index (χ2v) is 16.5. The fourth-order valence-corrected chi connectivity index (χ4v) is 9.98. The summed E-state index contributed by atoms with van der Waals surface area (Å²) in [7, 11) is 0. The molecule has 12 heteroatoms. The van der Waals surface area contributed by atoms with Gasteiger partial charge in [-0.25, -0.2) is 4.98 Å². The maximum absolute atomic E-state index is 13.5. The van der Waals surface area contributed by atoms with E-state index < -0.39 is 0 Å². The van der Waals surface area contributed by atoms with Gasteiger partial charge in [0.15, 0.2) is 0 Å². The van der Waals surface area contributed by atoms with E-state index in [-0.39, 0.29) is 30.9 Å². The number of hydrogen-bond donors (Lipinski definition) is 2. The summed E-state index contributed by atoms with van der Waals surface area (Å²) in [6, 6.07) is 19.4. The summed E-state index contributed by atoms with van der Waals surface area (Å²) in [5.41, 5.74) is 15.9. The van der Waals surface area contributed by atoms with Gasteiger partial charge in [-0.15, -0.1) is 11.3 Å². The SMILES string of the molecule is Cc1ncsc1-c1ccc([C@@H](N)CCCN2CCC(c3cc4c(cc3OCCOCCO)n3c5cccc(Br)c5c(=O)nc3n4C3CCCC3)CC2)cc1. The second kappa shape index (κ2) is 16.6. The van der Waals surface area contributed by atoms with E-state index in [2.05, 4.69) is 78.1 Å². The van der Waals surface area contributed by atoms with Crippen molar-refractivity contribution in [1.29, 1.82) is 0 Å². The number of nitrogens with two attached hydrogens (primary N) is 1. The molecule has 2 fully saturated rings. The fraction of sp³-hybridized carbons (Fsp3) is 0.452. The number of aromatic nitrogens is 4. The summed E-state index contributed by atoms with van der Waals surface area (Å²) in [6.45, 7) is 6.15. The number of benzene rings is 3. The van der Waals surface area contributed by atoms with Crippen molar-refractivity contribution in [2.45, 2.75) is 76.3 Å². The fourth-order valence-electron chi connectivity index (χ4n) is 8.64. The van der Waals surface area contributed by atoms with Gasteiger partial charge >= 0.3 is 0 Å². The van der Waals surface area contributed by atoms with E-state index in [1.54, 1.807) is 11.3 Å². The molecule has 8 rings (SSSR count). The van der Waals surface area contributed by atoms with E-state index in [0.717, 1.165) is 90.6 Å². The molecule has 6 aromatic rings. The zero-order valence-electron chi connectivity index (χ0n) is 30.9. The van der Waals surface area contributed by atoms with Crippen molar-refractivity contribution in [2.24, 2.45) is 5.73 Å². The van der Waals surface area contributed by atoms with Crippen LogP contribution in [0.15, 0.2) is 69.4 Å². The van der Waals surface area contributed by atoms with Crippen LogP contribution < -0.4 is 16.0 Å². The highest BCUT2D eigenvalue weighted by atomic mass is 79.9. The van der Waals surface area contributed by atoms with Crippen LogP contribution in [0.4, 0.5) is 0 Å². The number of rotatable bonds is 14. The van der Waals surface area contributed by atoms with E-state index in [0.29, 0.717) is 30.3 Å². The van der Waals surface area contributed by atoms with Crippen molar-refractivity contribution in [2.75, 3.05) is 46.1 Å². The van der Waals surface area contributed by atoms with Crippen molar-refractivity contribution in [3.05, 3.63) is 91.8 Å². The minimum Gasteiger partial charge on any atom is -0.491 e. The van der Waals surface area contributed by atoms with Crippen LogP contribution >= 0.6 is 27.3 Å². The molecule has 0 bridgehead atoms. The van der Waals surface area contributed by atoms with Crippen molar-refractivity contribution in [3.63, 3.8) is 0 Å². The summed E-state index contributed by atoms with van der Waals surface area (Å²) in [6.07, 6.45) is 8.54. The van der Waals surface area contributed by atoms with Crippen LogP contribution in [0.25, 0.3) is 38.2 Å². The number of hydrogen-bond acceptors (Lipinski definition) is 9. The van der Waals surface area contributed by atoms with Gasteiger partial charge < -0.3 is 29.8 Å². The van der Waals surface area contributed by atoms with Crippen molar-refractivity contribution < 1.29 is 14.6 Å². The number of aliphatic hydroxyl groups is 1. The van der Waals surface area contributed by atoms with E-state index in [4.69, 9.17) is 20.2 Å². The van der Waals surface area contributed by atoms with E-state index in [1.165, 1.54) is 34.4 Å². The lowest BCUT2D eigenvalue weighted by atomic mass is 9.88. The highest BCUT2D eigenvalue weighted by molar-refractivity contribution is 9.10. The largest absolute Gasteiger partial charge is 0.491 e. The van der Waals surface area contributed by atoms with Crippen LogP contribution in [0, 0.1) is 6.92 Å². The number of aliphatic hydroxyl groups excluding tert-OH is 1. The Morgan fingerprint density at radius 2 is 1.80 bits per heavy atom. The minimum atomic E-state index is -0.217. The Morgan fingerprint density at radius 1 is 1.00 bits per heavy atom. The van der Waals surface area contributed by atoms with Gasteiger partial charge in [-0.3, -0.25) is 9.20 Å².